The number of hydrogen-bond acceptors (Lipinski definition) is 3. The molecule has 0 unspecified atom stereocenters. The molecule has 0 radical (unpaired) electrons. The number of rotatable bonds is 8. The highest BCUT2D eigenvalue weighted by Crippen LogP contribution is 2.03. The van der Waals surface area contributed by atoms with Crippen molar-refractivity contribution in [2.45, 2.75) is 53.4 Å². The van der Waals surface area contributed by atoms with E-state index in [1.165, 1.54) is 5.69 Å². The SMILES string of the molecule is CCCn1nccc1CNCc1ccn(CC(C)C)n1. The van der Waals surface area contributed by atoms with E-state index in [4.69, 9.17) is 0 Å². The third kappa shape index (κ3) is 4.20. The van der Waals surface area contributed by atoms with Crippen LogP contribution in [0.2, 0.25) is 0 Å². The summed E-state index contributed by atoms with van der Waals surface area (Å²) in [6.07, 6.45) is 5.02. The molecule has 0 aliphatic carbocycles. The summed E-state index contributed by atoms with van der Waals surface area (Å²) in [6.45, 7) is 10.2. The Morgan fingerprint density at radius 3 is 2.85 bits per heavy atom. The van der Waals surface area contributed by atoms with Crippen LogP contribution in [0.1, 0.15) is 38.6 Å². The van der Waals surface area contributed by atoms with Gasteiger partial charge in [-0.1, -0.05) is 20.8 Å². The minimum Gasteiger partial charge on any atom is -0.305 e. The van der Waals surface area contributed by atoms with E-state index in [9.17, 15) is 0 Å². The van der Waals surface area contributed by atoms with Gasteiger partial charge in [0.05, 0.1) is 11.4 Å². The third-order valence-electron chi connectivity index (χ3n) is 3.10. The van der Waals surface area contributed by atoms with Crippen molar-refractivity contribution in [2.24, 2.45) is 5.92 Å². The van der Waals surface area contributed by atoms with Crippen LogP contribution in [-0.2, 0) is 26.2 Å². The Kier molecular flexibility index (Phi) is 5.35. The highest BCUT2D eigenvalue weighted by Gasteiger charge is 2.03. The van der Waals surface area contributed by atoms with Gasteiger partial charge in [-0.25, -0.2) is 0 Å². The van der Waals surface area contributed by atoms with E-state index >= 15 is 0 Å². The van der Waals surface area contributed by atoms with E-state index in [1.54, 1.807) is 0 Å². The van der Waals surface area contributed by atoms with Crippen molar-refractivity contribution in [2.75, 3.05) is 0 Å². The van der Waals surface area contributed by atoms with Crippen LogP contribution in [0.15, 0.2) is 24.5 Å². The Morgan fingerprint density at radius 1 is 1.25 bits per heavy atom. The molecule has 5 nitrogen and oxygen atoms in total. The monoisotopic (exact) mass is 275 g/mol. The highest BCUT2D eigenvalue weighted by atomic mass is 15.3. The Labute approximate surface area is 121 Å². The maximum absolute atomic E-state index is 4.56. The van der Waals surface area contributed by atoms with E-state index in [0.29, 0.717) is 5.92 Å². The lowest BCUT2D eigenvalue weighted by atomic mass is 10.2. The Hall–Kier alpha value is -1.62. The van der Waals surface area contributed by atoms with Gasteiger partial charge in [0.1, 0.15) is 0 Å². The zero-order valence-electron chi connectivity index (χ0n) is 12.7. The van der Waals surface area contributed by atoms with Gasteiger partial charge in [0.15, 0.2) is 0 Å². The van der Waals surface area contributed by atoms with Crippen LogP contribution in [-0.4, -0.2) is 19.6 Å². The summed E-state index contributed by atoms with van der Waals surface area (Å²) in [6, 6.07) is 4.15. The van der Waals surface area contributed by atoms with Crippen molar-refractivity contribution in [3.8, 4) is 0 Å². The molecule has 0 amide bonds. The number of aryl methyl sites for hydroxylation is 1. The lowest BCUT2D eigenvalue weighted by molar-refractivity contribution is 0.477. The second-order valence-electron chi connectivity index (χ2n) is 5.57. The first kappa shape index (κ1) is 14.8. The van der Waals surface area contributed by atoms with Crippen molar-refractivity contribution in [1.82, 2.24) is 24.9 Å². The fourth-order valence-corrected chi connectivity index (χ4v) is 2.22. The summed E-state index contributed by atoms with van der Waals surface area (Å²) in [5.41, 5.74) is 2.32. The Balaban J connectivity index is 1.80. The molecule has 2 heterocycles. The Bertz CT molecular complexity index is 512. The van der Waals surface area contributed by atoms with E-state index in [0.717, 1.165) is 38.3 Å². The summed E-state index contributed by atoms with van der Waals surface area (Å²) in [5.74, 6) is 0.624. The minimum absolute atomic E-state index is 0.624. The molecule has 0 saturated carbocycles. The van der Waals surface area contributed by atoms with Crippen LogP contribution in [0, 0.1) is 5.92 Å². The zero-order chi connectivity index (χ0) is 14.4. The molecule has 0 saturated heterocycles. The standard InChI is InChI=1S/C15H25N5/c1-4-8-20-15(5-7-17-20)11-16-10-14-6-9-19(18-14)12-13(2)3/h5-7,9,13,16H,4,8,10-12H2,1-3H3. The second kappa shape index (κ2) is 7.24. The molecular formula is C15H25N5. The van der Waals surface area contributed by atoms with Gasteiger partial charge in [-0.15, -0.1) is 0 Å². The predicted octanol–water partition coefficient (Wildman–Crippen LogP) is 2.44. The molecule has 0 spiro atoms. The van der Waals surface area contributed by atoms with Crippen molar-refractivity contribution in [1.29, 1.82) is 0 Å². The number of aromatic nitrogens is 4. The van der Waals surface area contributed by atoms with Crippen molar-refractivity contribution in [3.63, 3.8) is 0 Å². The average molecular weight is 275 g/mol. The molecule has 2 rings (SSSR count). The molecule has 0 aromatic carbocycles. The molecule has 2 aromatic rings. The molecule has 0 fully saturated rings. The lowest BCUT2D eigenvalue weighted by Gasteiger charge is -2.07. The third-order valence-corrected chi connectivity index (χ3v) is 3.10. The maximum Gasteiger partial charge on any atom is 0.0762 e. The van der Waals surface area contributed by atoms with Crippen molar-refractivity contribution < 1.29 is 0 Å². The van der Waals surface area contributed by atoms with Crippen LogP contribution in [0.3, 0.4) is 0 Å². The highest BCUT2D eigenvalue weighted by molar-refractivity contribution is 5.02. The van der Waals surface area contributed by atoms with Crippen LogP contribution in [0.4, 0.5) is 0 Å². The summed E-state index contributed by atoms with van der Waals surface area (Å²) >= 11 is 0. The Morgan fingerprint density at radius 2 is 2.10 bits per heavy atom. The van der Waals surface area contributed by atoms with Gasteiger partial charge in [-0.05, 0) is 24.5 Å². The molecule has 1 N–H and O–H groups in total. The zero-order valence-corrected chi connectivity index (χ0v) is 12.7. The van der Waals surface area contributed by atoms with Gasteiger partial charge in [0, 0.05) is 38.6 Å². The number of hydrogen-bond donors (Lipinski definition) is 1. The fourth-order valence-electron chi connectivity index (χ4n) is 2.22. The molecule has 5 heteroatoms. The van der Waals surface area contributed by atoms with Gasteiger partial charge in [-0.2, -0.15) is 10.2 Å². The van der Waals surface area contributed by atoms with Crippen LogP contribution in [0.25, 0.3) is 0 Å². The first-order valence-electron chi connectivity index (χ1n) is 7.42. The molecule has 20 heavy (non-hydrogen) atoms. The van der Waals surface area contributed by atoms with Gasteiger partial charge in [0.25, 0.3) is 0 Å². The van der Waals surface area contributed by atoms with E-state index in [-0.39, 0.29) is 0 Å². The average Bonchev–Trinajstić information content (AvgIpc) is 3.00. The van der Waals surface area contributed by atoms with E-state index in [2.05, 4.69) is 59.3 Å². The summed E-state index contributed by atoms with van der Waals surface area (Å²) in [7, 11) is 0. The molecular weight excluding hydrogens is 250 g/mol. The van der Waals surface area contributed by atoms with Crippen molar-refractivity contribution in [3.05, 3.63) is 35.9 Å². The van der Waals surface area contributed by atoms with E-state index in [1.807, 2.05) is 10.9 Å². The fraction of sp³-hybridized carbons (Fsp3) is 0.600. The first-order valence-corrected chi connectivity index (χ1v) is 7.42. The smallest absolute Gasteiger partial charge is 0.0762 e. The van der Waals surface area contributed by atoms with Gasteiger partial charge >= 0.3 is 0 Å². The quantitative estimate of drug-likeness (QED) is 0.805. The van der Waals surface area contributed by atoms with Gasteiger partial charge in [-0.3, -0.25) is 9.36 Å². The summed E-state index contributed by atoms with van der Waals surface area (Å²) in [5, 5.41) is 12.3. The molecule has 0 atom stereocenters. The molecule has 2 aromatic heterocycles. The molecule has 0 aliphatic rings. The van der Waals surface area contributed by atoms with Crippen LogP contribution >= 0.6 is 0 Å². The topological polar surface area (TPSA) is 47.7 Å². The summed E-state index contributed by atoms with van der Waals surface area (Å²) in [4.78, 5) is 0. The molecule has 110 valence electrons. The predicted molar refractivity (Wildman–Crippen MR) is 80.1 cm³/mol. The number of nitrogens with one attached hydrogen (secondary N) is 1. The summed E-state index contributed by atoms with van der Waals surface area (Å²) < 4.78 is 4.08. The molecule has 0 aliphatic heterocycles. The largest absolute Gasteiger partial charge is 0.305 e. The second-order valence-corrected chi connectivity index (χ2v) is 5.57. The van der Waals surface area contributed by atoms with Gasteiger partial charge < -0.3 is 5.32 Å². The lowest BCUT2D eigenvalue weighted by Crippen LogP contribution is -2.17. The van der Waals surface area contributed by atoms with Gasteiger partial charge in [0.2, 0.25) is 0 Å². The van der Waals surface area contributed by atoms with Crippen LogP contribution < -0.4 is 5.32 Å². The van der Waals surface area contributed by atoms with Crippen LogP contribution in [0.5, 0.6) is 0 Å². The van der Waals surface area contributed by atoms with Crippen molar-refractivity contribution >= 4 is 0 Å². The number of nitrogens with zero attached hydrogens (tertiary/aromatic N) is 4. The minimum atomic E-state index is 0.624. The first-order chi connectivity index (χ1) is 9.69. The normalized spacial score (nSPS) is 11.4. The van der Waals surface area contributed by atoms with E-state index < -0.39 is 0 Å². The molecule has 0 bridgehead atoms. The maximum atomic E-state index is 4.56.